The minimum atomic E-state index is -3.38. The Morgan fingerprint density at radius 3 is 2.57 bits per heavy atom. The average Bonchev–Trinajstić information content (AvgIpc) is 2.87. The standard InChI is InChI=1S/C15H20N2O2S2/c1-12(2)17(10-15-7-4-8-20-15)21(18,19)11-13-5-3-6-14(16)9-13/h3-9,12H,10-11,16H2,1-2H3. The zero-order valence-electron chi connectivity index (χ0n) is 12.2. The van der Waals surface area contributed by atoms with Crippen LogP contribution >= 0.6 is 11.3 Å². The number of rotatable bonds is 6. The molecule has 0 saturated carbocycles. The molecule has 0 spiro atoms. The molecule has 0 bridgehead atoms. The first-order chi connectivity index (χ1) is 9.88. The Morgan fingerprint density at radius 2 is 2.00 bits per heavy atom. The summed E-state index contributed by atoms with van der Waals surface area (Å²) in [7, 11) is -3.38. The van der Waals surface area contributed by atoms with Crippen molar-refractivity contribution in [2.75, 3.05) is 5.73 Å². The number of hydrogen-bond acceptors (Lipinski definition) is 4. The largest absolute Gasteiger partial charge is 0.399 e. The van der Waals surface area contributed by atoms with Crippen LogP contribution in [0.15, 0.2) is 41.8 Å². The number of nitrogens with two attached hydrogens (primary N) is 1. The van der Waals surface area contributed by atoms with Gasteiger partial charge in [-0.1, -0.05) is 18.2 Å². The SMILES string of the molecule is CC(C)N(Cc1cccs1)S(=O)(=O)Cc1cccc(N)c1. The molecule has 1 heterocycles. The van der Waals surface area contributed by atoms with E-state index in [0.29, 0.717) is 17.8 Å². The molecule has 1 aromatic heterocycles. The van der Waals surface area contributed by atoms with Gasteiger partial charge in [-0.3, -0.25) is 0 Å². The van der Waals surface area contributed by atoms with E-state index in [1.54, 1.807) is 39.9 Å². The maximum Gasteiger partial charge on any atom is 0.218 e. The van der Waals surface area contributed by atoms with Gasteiger partial charge in [0.15, 0.2) is 0 Å². The Morgan fingerprint density at radius 1 is 1.24 bits per heavy atom. The summed E-state index contributed by atoms with van der Waals surface area (Å²) in [5.74, 6) is -0.0262. The second-order valence-electron chi connectivity index (χ2n) is 5.22. The molecule has 0 aliphatic heterocycles. The fourth-order valence-corrected chi connectivity index (χ4v) is 4.66. The number of benzene rings is 1. The third kappa shape index (κ3) is 4.30. The van der Waals surface area contributed by atoms with E-state index < -0.39 is 10.0 Å². The first-order valence-corrected chi connectivity index (χ1v) is 9.23. The van der Waals surface area contributed by atoms with Crippen LogP contribution in [0.1, 0.15) is 24.3 Å². The van der Waals surface area contributed by atoms with Gasteiger partial charge < -0.3 is 5.73 Å². The van der Waals surface area contributed by atoms with Crippen molar-refractivity contribution in [2.24, 2.45) is 0 Å². The number of thiophene rings is 1. The van der Waals surface area contributed by atoms with Crippen LogP contribution in [-0.4, -0.2) is 18.8 Å². The minimum Gasteiger partial charge on any atom is -0.399 e. The summed E-state index contributed by atoms with van der Waals surface area (Å²) in [5, 5.41) is 1.96. The molecular weight excluding hydrogens is 304 g/mol. The average molecular weight is 324 g/mol. The summed E-state index contributed by atoms with van der Waals surface area (Å²) in [6.45, 7) is 4.20. The number of sulfonamides is 1. The van der Waals surface area contributed by atoms with Crippen LogP contribution in [0.2, 0.25) is 0 Å². The van der Waals surface area contributed by atoms with Gasteiger partial charge >= 0.3 is 0 Å². The first kappa shape index (κ1) is 16.0. The first-order valence-electron chi connectivity index (χ1n) is 6.75. The Labute approximate surface area is 130 Å². The fourth-order valence-electron chi connectivity index (χ4n) is 2.13. The highest BCUT2D eigenvalue weighted by molar-refractivity contribution is 7.88. The van der Waals surface area contributed by atoms with Crippen LogP contribution in [0, 0.1) is 0 Å². The molecule has 0 saturated heterocycles. The maximum absolute atomic E-state index is 12.7. The smallest absolute Gasteiger partial charge is 0.218 e. The molecule has 0 aliphatic carbocycles. The van der Waals surface area contributed by atoms with E-state index >= 15 is 0 Å². The van der Waals surface area contributed by atoms with Gasteiger partial charge in [0.1, 0.15) is 0 Å². The van der Waals surface area contributed by atoms with Crippen molar-refractivity contribution in [3.05, 3.63) is 52.2 Å². The van der Waals surface area contributed by atoms with Gasteiger partial charge in [0.2, 0.25) is 10.0 Å². The zero-order valence-corrected chi connectivity index (χ0v) is 13.8. The highest BCUT2D eigenvalue weighted by atomic mass is 32.2. The number of hydrogen-bond donors (Lipinski definition) is 1. The molecule has 6 heteroatoms. The van der Waals surface area contributed by atoms with E-state index in [0.717, 1.165) is 4.88 Å². The molecule has 0 amide bonds. The van der Waals surface area contributed by atoms with Gasteiger partial charge in [-0.15, -0.1) is 11.3 Å². The quantitative estimate of drug-likeness (QED) is 0.831. The van der Waals surface area contributed by atoms with Crippen molar-refractivity contribution in [3.8, 4) is 0 Å². The lowest BCUT2D eigenvalue weighted by atomic mass is 10.2. The Bertz CT molecular complexity index is 679. The lowest BCUT2D eigenvalue weighted by molar-refractivity contribution is 0.350. The van der Waals surface area contributed by atoms with Crippen LogP contribution in [0.3, 0.4) is 0 Å². The number of nitrogen functional groups attached to an aromatic ring is 1. The molecule has 0 fully saturated rings. The Kier molecular flexibility index (Phi) is 5.03. The van der Waals surface area contributed by atoms with Crippen LogP contribution in [0.4, 0.5) is 5.69 Å². The van der Waals surface area contributed by atoms with Gasteiger partial charge in [0, 0.05) is 23.2 Å². The molecule has 0 aliphatic rings. The second-order valence-corrected chi connectivity index (χ2v) is 8.17. The fraction of sp³-hybridized carbons (Fsp3) is 0.333. The molecule has 0 radical (unpaired) electrons. The molecule has 2 rings (SSSR count). The van der Waals surface area contributed by atoms with Crippen molar-refractivity contribution in [2.45, 2.75) is 32.2 Å². The summed E-state index contributed by atoms with van der Waals surface area (Å²) in [5.41, 5.74) is 7.01. The van der Waals surface area contributed by atoms with E-state index in [1.807, 2.05) is 31.4 Å². The van der Waals surface area contributed by atoms with Crippen LogP contribution in [0.25, 0.3) is 0 Å². The van der Waals surface area contributed by atoms with Gasteiger partial charge in [-0.25, -0.2) is 8.42 Å². The monoisotopic (exact) mass is 324 g/mol. The molecule has 4 nitrogen and oxygen atoms in total. The predicted molar refractivity (Wildman–Crippen MR) is 88.5 cm³/mol. The van der Waals surface area contributed by atoms with E-state index in [-0.39, 0.29) is 11.8 Å². The summed E-state index contributed by atoms with van der Waals surface area (Å²) < 4.78 is 26.9. The second kappa shape index (κ2) is 6.60. The van der Waals surface area contributed by atoms with Crippen LogP contribution in [-0.2, 0) is 22.3 Å². The van der Waals surface area contributed by atoms with Crippen LogP contribution in [0.5, 0.6) is 0 Å². The third-order valence-electron chi connectivity index (χ3n) is 3.13. The molecule has 0 atom stereocenters. The molecule has 2 aromatic rings. The minimum absolute atomic E-state index is 0.0262. The Balaban J connectivity index is 2.21. The molecule has 0 unspecified atom stereocenters. The Hall–Kier alpha value is -1.37. The van der Waals surface area contributed by atoms with E-state index in [9.17, 15) is 8.42 Å². The maximum atomic E-state index is 12.7. The number of anilines is 1. The van der Waals surface area contributed by atoms with Crippen molar-refractivity contribution >= 4 is 27.0 Å². The van der Waals surface area contributed by atoms with E-state index in [4.69, 9.17) is 5.73 Å². The van der Waals surface area contributed by atoms with Crippen molar-refractivity contribution in [3.63, 3.8) is 0 Å². The summed E-state index contributed by atoms with van der Waals surface area (Å²) in [6, 6.07) is 10.8. The molecular formula is C15H20N2O2S2. The molecule has 2 N–H and O–H groups in total. The summed E-state index contributed by atoms with van der Waals surface area (Å²) >= 11 is 1.57. The topological polar surface area (TPSA) is 63.4 Å². The van der Waals surface area contributed by atoms with E-state index in [2.05, 4.69) is 0 Å². The van der Waals surface area contributed by atoms with Crippen molar-refractivity contribution in [1.29, 1.82) is 0 Å². The molecule has 114 valence electrons. The third-order valence-corrected chi connectivity index (χ3v) is 5.95. The van der Waals surface area contributed by atoms with Crippen molar-refractivity contribution in [1.82, 2.24) is 4.31 Å². The predicted octanol–water partition coefficient (Wildman–Crippen LogP) is 3.07. The summed E-state index contributed by atoms with van der Waals surface area (Å²) in [4.78, 5) is 1.04. The van der Waals surface area contributed by atoms with Gasteiger partial charge in [0.05, 0.1) is 5.75 Å². The van der Waals surface area contributed by atoms with Gasteiger partial charge in [0.25, 0.3) is 0 Å². The summed E-state index contributed by atoms with van der Waals surface area (Å²) in [6.07, 6.45) is 0. The molecule has 21 heavy (non-hydrogen) atoms. The normalized spacial score (nSPS) is 12.2. The highest BCUT2D eigenvalue weighted by Gasteiger charge is 2.25. The molecule has 1 aromatic carbocycles. The van der Waals surface area contributed by atoms with Gasteiger partial charge in [-0.2, -0.15) is 4.31 Å². The number of nitrogens with zero attached hydrogens (tertiary/aromatic N) is 1. The lowest BCUT2D eigenvalue weighted by Crippen LogP contribution is -2.37. The zero-order chi connectivity index (χ0) is 15.5. The van der Waals surface area contributed by atoms with E-state index in [1.165, 1.54) is 0 Å². The van der Waals surface area contributed by atoms with Crippen LogP contribution < -0.4 is 5.73 Å². The lowest BCUT2D eigenvalue weighted by Gasteiger charge is -2.25. The van der Waals surface area contributed by atoms with Crippen molar-refractivity contribution < 1.29 is 8.42 Å². The van der Waals surface area contributed by atoms with Gasteiger partial charge in [-0.05, 0) is 43.0 Å². The highest BCUT2D eigenvalue weighted by Crippen LogP contribution is 2.20.